The van der Waals surface area contributed by atoms with Crippen LogP contribution in [0.4, 0.5) is 5.69 Å². The average molecular weight is 246 g/mol. The van der Waals surface area contributed by atoms with Crippen molar-refractivity contribution in [1.29, 1.82) is 0 Å². The number of carbonyl (C=O) groups excluding carboxylic acids is 1. The lowest BCUT2D eigenvalue weighted by molar-refractivity contribution is 0.0950. The van der Waals surface area contributed by atoms with Crippen LogP contribution in [0.1, 0.15) is 16.2 Å². The van der Waals surface area contributed by atoms with E-state index in [1.165, 1.54) is 0 Å². The number of benzene rings is 1. The Labute approximate surface area is 104 Å². The quantitative estimate of drug-likeness (QED) is 0.804. The van der Waals surface area contributed by atoms with Gasteiger partial charge in [-0.2, -0.15) is 5.21 Å². The molecule has 1 heterocycles. The monoisotopic (exact) mass is 246 g/mol. The number of anilines is 1. The van der Waals surface area contributed by atoms with E-state index in [0.29, 0.717) is 11.4 Å². The van der Waals surface area contributed by atoms with Crippen molar-refractivity contribution in [2.24, 2.45) is 0 Å². The van der Waals surface area contributed by atoms with Crippen molar-refractivity contribution in [2.75, 3.05) is 19.0 Å². The van der Waals surface area contributed by atoms with Gasteiger partial charge >= 0.3 is 0 Å². The van der Waals surface area contributed by atoms with Gasteiger partial charge in [0.05, 0.1) is 6.54 Å². The number of aromatic nitrogens is 4. The largest absolute Gasteiger partial charge is 0.378 e. The highest BCUT2D eigenvalue weighted by Crippen LogP contribution is 2.12. The zero-order chi connectivity index (χ0) is 13.0. The van der Waals surface area contributed by atoms with E-state index in [1.54, 1.807) is 12.1 Å². The van der Waals surface area contributed by atoms with Crippen LogP contribution in [-0.4, -0.2) is 40.6 Å². The summed E-state index contributed by atoms with van der Waals surface area (Å²) in [6.45, 7) is 0.255. The second kappa shape index (κ2) is 5.26. The molecule has 1 aromatic heterocycles. The van der Waals surface area contributed by atoms with Crippen molar-refractivity contribution in [3.8, 4) is 0 Å². The first kappa shape index (κ1) is 12.0. The van der Waals surface area contributed by atoms with Crippen LogP contribution < -0.4 is 10.2 Å². The number of amides is 1. The van der Waals surface area contributed by atoms with E-state index in [4.69, 9.17) is 0 Å². The molecule has 0 saturated carbocycles. The molecule has 18 heavy (non-hydrogen) atoms. The number of tetrazole rings is 1. The van der Waals surface area contributed by atoms with E-state index in [1.807, 2.05) is 31.1 Å². The van der Waals surface area contributed by atoms with Crippen LogP contribution in [0, 0.1) is 0 Å². The molecule has 1 amide bonds. The lowest BCUT2D eigenvalue weighted by Crippen LogP contribution is -2.23. The highest BCUT2D eigenvalue weighted by Gasteiger charge is 2.07. The molecule has 0 aliphatic carbocycles. The molecular formula is C11H14N6O. The van der Waals surface area contributed by atoms with Crippen LogP contribution in [0.15, 0.2) is 24.3 Å². The first-order chi connectivity index (χ1) is 8.66. The number of rotatable bonds is 4. The molecule has 1 aromatic carbocycles. The van der Waals surface area contributed by atoms with Crippen molar-refractivity contribution in [1.82, 2.24) is 25.9 Å². The maximum Gasteiger partial charge on any atom is 0.251 e. The number of hydrogen-bond donors (Lipinski definition) is 2. The Balaban J connectivity index is 1.96. The van der Waals surface area contributed by atoms with Crippen molar-refractivity contribution in [2.45, 2.75) is 6.54 Å². The number of H-pyrrole nitrogens is 1. The first-order valence-electron chi connectivity index (χ1n) is 5.45. The summed E-state index contributed by atoms with van der Waals surface area (Å²) in [6, 6.07) is 7.34. The summed E-state index contributed by atoms with van der Waals surface area (Å²) < 4.78 is 0. The molecule has 0 spiro atoms. The maximum atomic E-state index is 11.8. The first-order valence-corrected chi connectivity index (χ1v) is 5.45. The molecule has 0 atom stereocenters. The lowest BCUT2D eigenvalue weighted by atomic mass is 10.2. The summed E-state index contributed by atoms with van der Waals surface area (Å²) in [7, 11) is 3.90. The minimum Gasteiger partial charge on any atom is -0.378 e. The Morgan fingerprint density at radius 3 is 2.61 bits per heavy atom. The predicted octanol–water partition coefficient (Wildman–Crippen LogP) is 0.196. The van der Waals surface area contributed by atoms with Crippen LogP contribution in [0.3, 0.4) is 0 Å². The minimum absolute atomic E-state index is 0.162. The van der Waals surface area contributed by atoms with E-state index in [-0.39, 0.29) is 12.5 Å². The molecule has 2 rings (SSSR count). The fraction of sp³-hybridized carbons (Fsp3) is 0.273. The third-order valence-electron chi connectivity index (χ3n) is 2.44. The standard InChI is InChI=1S/C11H14N6O/c1-17(2)9-5-3-8(4-6-9)11(18)12-7-10-13-15-16-14-10/h3-6H,7H2,1-2H3,(H,12,18)(H,13,14,15,16). The van der Waals surface area contributed by atoms with Crippen LogP contribution in [0.5, 0.6) is 0 Å². The van der Waals surface area contributed by atoms with Gasteiger partial charge in [0.15, 0.2) is 5.82 Å². The molecule has 0 saturated heterocycles. The van der Waals surface area contributed by atoms with E-state index in [2.05, 4.69) is 25.9 Å². The normalized spacial score (nSPS) is 10.1. The number of nitrogens with zero attached hydrogens (tertiary/aromatic N) is 4. The van der Waals surface area contributed by atoms with Crippen LogP contribution in [0.25, 0.3) is 0 Å². The second-order valence-electron chi connectivity index (χ2n) is 3.95. The van der Waals surface area contributed by atoms with E-state index in [0.717, 1.165) is 5.69 Å². The fourth-order valence-corrected chi connectivity index (χ4v) is 1.43. The smallest absolute Gasteiger partial charge is 0.251 e. The van der Waals surface area contributed by atoms with Crippen molar-refractivity contribution >= 4 is 11.6 Å². The van der Waals surface area contributed by atoms with Crippen LogP contribution in [0.2, 0.25) is 0 Å². The Morgan fingerprint density at radius 1 is 1.33 bits per heavy atom. The van der Waals surface area contributed by atoms with E-state index < -0.39 is 0 Å². The van der Waals surface area contributed by atoms with Gasteiger partial charge in [0.25, 0.3) is 5.91 Å². The van der Waals surface area contributed by atoms with Gasteiger partial charge in [-0.3, -0.25) is 4.79 Å². The molecule has 0 unspecified atom stereocenters. The van der Waals surface area contributed by atoms with Gasteiger partial charge in [-0.15, -0.1) is 10.2 Å². The van der Waals surface area contributed by atoms with Crippen molar-refractivity contribution in [3.05, 3.63) is 35.7 Å². The number of aromatic amines is 1. The topological polar surface area (TPSA) is 86.8 Å². The summed E-state index contributed by atoms with van der Waals surface area (Å²) in [5, 5.41) is 16.0. The maximum absolute atomic E-state index is 11.8. The molecular weight excluding hydrogens is 232 g/mol. The Bertz CT molecular complexity index is 505. The van der Waals surface area contributed by atoms with Gasteiger partial charge in [-0.1, -0.05) is 5.21 Å². The SMILES string of the molecule is CN(C)c1ccc(C(=O)NCc2nn[nH]n2)cc1. The Kier molecular flexibility index (Phi) is 3.52. The summed E-state index contributed by atoms with van der Waals surface area (Å²) in [5.41, 5.74) is 1.65. The highest BCUT2D eigenvalue weighted by molar-refractivity contribution is 5.94. The van der Waals surface area contributed by atoms with Crippen LogP contribution >= 0.6 is 0 Å². The number of hydrogen-bond acceptors (Lipinski definition) is 5. The predicted molar refractivity (Wildman–Crippen MR) is 66.1 cm³/mol. The van der Waals surface area contributed by atoms with Gasteiger partial charge in [0.2, 0.25) is 0 Å². The van der Waals surface area contributed by atoms with E-state index >= 15 is 0 Å². The number of carbonyl (C=O) groups is 1. The lowest BCUT2D eigenvalue weighted by Gasteiger charge is -2.12. The van der Waals surface area contributed by atoms with Crippen LogP contribution in [-0.2, 0) is 6.54 Å². The Hall–Kier alpha value is -2.44. The molecule has 0 fully saturated rings. The average Bonchev–Trinajstić information content (AvgIpc) is 2.89. The molecule has 2 N–H and O–H groups in total. The third-order valence-corrected chi connectivity index (χ3v) is 2.44. The molecule has 0 aliphatic heterocycles. The molecule has 7 nitrogen and oxygen atoms in total. The Morgan fingerprint density at radius 2 is 2.06 bits per heavy atom. The molecule has 2 aromatic rings. The fourth-order valence-electron chi connectivity index (χ4n) is 1.43. The van der Waals surface area contributed by atoms with Gasteiger partial charge in [0, 0.05) is 25.3 Å². The van der Waals surface area contributed by atoms with E-state index in [9.17, 15) is 4.79 Å². The molecule has 7 heteroatoms. The zero-order valence-corrected chi connectivity index (χ0v) is 10.2. The number of nitrogens with one attached hydrogen (secondary N) is 2. The van der Waals surface area contributed by atoms with Gasteiger partial charge in [-0.05, 0) is 24.3 Å². The second-order valence-corrected chi connectivity index (χ2v) is 3.95. The third kappa shape index (κ3) is 2.82. The molecule has 0 bridgehead atoms. The van der Waals surface area contributed by atoms with Gasteiger partial charge < -0.3 is 10.2 Å². The van der Waals surface area contributed by atoms with Crippen molar-refractivity contribution in [3.63, 3.8) is 0 Å². The van der Waals surface area contributed by atoms with Gasteiger partial charge in [0.1, 0.15) is 0 Å². The van der Waals surface area contributed by atoms with Gasteiger partial charge in [-0.25, -0.2) is 0 Å². The molecule has 0 radical (unpaired) electrons. The molecule has 94 valence electrons. The highest BCUT2D eigenvalue weighted by atomic mass is 16.1. The zero-order valence-electron chi connectivity index (χ0n) is 10.2. The summed E-state index contributed by atoms with van der Waals surface area (Å²) in [4.78, 5) is 13.8. The van der Waals surface area contributed by atoms with Crippen molar-refractivity contribution < 1.29 is 4.79 Å². The summed E-state index contributed by atoms with van der Waals surface area (Å²) >= 11 is 0. The summed E-state index contributed by atoms with van der Waals surface area (Å²) in [6.07, 6.45) is 0. The summed E-state index contributed by atoms with van der Waals surface area (Å²) in [5.74, 6) is 0.290. The minimum atomic E-state index is -0.162. The molecule has 0 aliphatic rings.